The molecule has 0 radical (unpaired) electrons. The van der Waals surface area contributed by atoms with Crippen molar-refractivity contribution in [3.8, 4) is 0 Å². The van der Waals surface area contributed by atoms with E-state index in [9.17, 15) is 10.0 Å². The van der Waals surface area contributed by atoms with Gasteiger partial charge in [0.1, 0.15) is 0 Å². The zero-order chi connectivity index (χ0) is 18.7. The van der Waals surface area contributed by atoms with E-state index in [1.54, 1.807) is 12.1 Å². The van der Waals surface area contributed by atoms with Crippen LogP contribution in [0.25, 0.3) is 0 Å². The number of nitrogens with zero attached hydrogens (tertiary/aromatic N) is 3. The van der Waals surface area contributed by atoms with Crippen molar-refractivity contribution in [2.45, 2.75) is 50.6 Å². The molecule has 7 heteroatoms. The van der Waals surface area contributed by atoms with Gasteiger partial charge in [0.05, 0.1) is 22.2 Å². The zero-order valence-corrected chi connectivity index (χ0v) is 16.5. The van der Waals surface area contributed by atoms with Gasteiger partial charge in [-0.3, -0.25) is 9.69 Å². The number of hydrogen-bond acceptors (Lipinski definition) is 4. The maximum atomic E-state index is 12.9. The largest absolute Gasteiger partial charge is 0.411 e. The fourth-order valence-electron chi connectivity index (χ4n) is 4.11. The SMILES string of the molecule is CN(C(=O)Cc1ccc(Cl)c(Cl)c1)C1CCC(=NO)CC1N1CCCC1. The van der Waals surface area contributed by atoms with Gasteiger partial charge >= 0.3 is 0 Å². The summed E-state index contributed by atoms with van der Waals surface area (Å²) in [6.45, 7) is 2.10. The number of benzene rings is 1. The lowest BCUT2D eigenvalue weighted by Gasteiger charge is -2.42. The minimum absolute atomic E-state index is 0.0713. The summed E-state index contributed by atoms with van der Waals surface area (Å²) < 4.78 is 0. The molecule has 1 aromatic rings. The molecule has 1 aliphatic heterocycles. The highest BCUT2D eigenvalue weighted by Crippen LogP contribution is 2.29. The molecule has 142 valence electrons. The summed E-state index contributed by atoms with van der Waals surface area (Å²) in [6.07, 6.45) is 4.97. The predicted molar refractivity (Wildman–Crippen MR) is 104 cm³/mol. The van der Waals surface area contributed by atoms with Crippen molar-refractivity contribution in [1.29, 1.82) is 0 Å². The topological polar surface area (TPSA) is 56.1 Å². The van der Waals surface area contributed by atoms with Crippen LogP contribution in [0.3, 0.4) is 0 Å². The van der Waals surface area contributed by atoms with Crippen molar-refractivity contribution >= 4 is 34.8 Å². The van der Waals surface area contributed by atoms with Gasteiger partial charge in [0.2, 0.25) is 5.91 Å². The lowest BCUT2D eigenvalue weighted by atomic mass is 9.86. The predicted octanol–water partition coefficient (Wildman–Crippen LogP) is 3.84. The molecular formula is C19H25Cl2N3O2. The Bertz CT molecular complexity index is 689. The number of carbonyl (C=O) groups excluding carboxylic acids is 1. The minimum atomic E-state index is 0.0713. The Morgan fingerprint density at radius 3 is 2.69 bits per heavy atom. The molecule has 5 nitrogen and oxygen atoms in total. The average Bonchev–Trinajstić information content (AvgIpc) is 3.18. The second kappa shape index (κ2) is 8.59. The Kier molecular flexibility index (Phi) is 6.43. The highest BCUT2D eigenvalue weighted by atomic mass is 35.5. The highest BCUT2D eigenvalue weighted by Gasteiger charge is 2.37. The van der Waals surface area contributed by atoms with Crippen LogP contribution in [0.2, 0.25) is 10.0 Å². The third-order valence-corrected chi connectivity index (χ3v) is 6.34. The first kappa shape index (κ1) is 19.5. The van der Waals surface area contributed by atoms with E-state index in [0.717, 1.165) is 43.6 Å². The zero-order valence-electron chi connectivity index (χ0n) is 15.0. The van der Waals surface area contributed by atoms with Gasteiger partial charge in [0.15, 0.2) is 0 Å². The smallest absolute Gasteiger partial charge is 0.227 e. The maximum absolute atomic E-state index is 12.9. The summed E-state index contributed by atoms with van der Waals surface area (Å²) >= 11 is 12.0. The number of rotatable bonds is 4. The van der Waals surface area contributed by atoms with Crippen molar-refractivity contribution < 1.29 is 10.0 Å². The quantitative estimate of drug-likeness (QED) is 0.619. The van der Waals surface area contributed by atoms with E-state index in [-0.39, 0.29) is 18.0 Å². The summed E-state index contributed by atoms with van der Waals surface area (Å²) in [5.74, 6) is 0.0713. The number of hydrogen-bond donors (Lipinski definition) is 1. The standard InChI is InChI=1S/C19H25Cl2N3O2/c1-23(19(25)11-13-4-6-15(20)16(21)10-13)17-7-5-14(22-26)12-18(17)24-8-2-3-9-24/h4,6,10,17-18,26H,2-3,5,7-9,11-12H2,1H3. The van der Waals surface area contributed by atoms with Crippen molar-refractivity contribution in [3.63, 3.8) is 0 Å². The first-order valence-electron chi connectivity index (χ1n) is 9.13. The number of halogens is 2. The molecule has 1 saturated heterocycles. The van der Waals surface area contributed by atoms with Crippen LogP contribution >= 0.6 is 23.2 Å². The normalized spacial score (nSPS) is 25.6. The summed E-state index contributed by atoms with van der Waals surface area (Å²) in [5.41, 5.74) is 1.70. The van der Waals surface area contributed by atoms with Crippen molar-refractivity contribution in [3.05, 3.63) is 33.8 Å². The summed E-state index contributed by atoms with van der Waals surface area (Å²) in [7, 11) is 1.88. The third-order valence-electron chi connectivity index (χ3n) is 5.60. The molecule has 1 saturated carbocycles. The van der Waals surface area contributed by atoms with E-state index in [2.05, 4.69) is 10.1 Å². The van der Waals surface area contributed by atoms with Crippen LogP contribution in [0, 0.1) is 0 Å². The van der Waals surface area contributed by atoms with E-state index < -0.39 is 0 Å². The Morgan fingerprint density at radius 2 is 2.04 bits per heavy atom. The van der Waals surface area contributed by atoms with E-state index in [1.807, 2.05) is 18.0 Å². The van der Waals surface area contributed by atoms with Crippen LogP contribution in [0.15, 0.2) is 23.4 Å². The first-order valence-corrected chi connectivity index (χ1v) is 9.88. The van der Waals surface area contributed by atoms with Crippen LogP contribution in [-0.4, -0.2) is 58.8 Å². The molecule has 0 aromatic heterocycles. The summed E-state index contributed by atoms with van der Waals surface area (Å²) in [5, 5.41) is 13.6. The molecule has 26 heavy (non-hydrogen) atoms. The Morgan fingerprint density at radius 1 is 1.31 bits per heavy atom. The van der Waals surface area contributed by atoms with Crippen LogP contribution in [0.5, 0.6) is 0 Å². The van der Waals surface area contributed by atoms with E-state index in [0.29, 0.717) is 16.5 Å². The second-order valence-electron chi connectivity index (χ2n) is 7.22. The van der Waals surface area contributed by atoms with Gasteiger partial charge in [-0.05, 0) is 56.5 Å². The number of oxime groups is 1. The summed E-state index contributed by atoms with van der Waals surface area (Å²) in [4.78, 5) is 17.2. The Hall–Kier alpha value is -1.30. The van der Waals surface area contributed by atoms with Gasteiger partial charge in [-0.15, -0.1) is 0 Å². The lowest BCUT2D eigenvalue weighted by Crippen LogP contribution is -2.55. The Balaban J connectivity index is 1.71. The number of amides is 1. The van der Waals surface area contributed by atoms with E-state index in [4.69, 9.17) is 23.2 Å². The van der Waals surface area contributed by atoms with Gasteiger partial charge < -0.3 is 10.1 Å². The van der Waals surface area contributed by atoms with Gasteiger partial charge in [-0.25, -0.2) is 0 Å². The fourth-order valence-corrected chi connectivity index (χ4v) is 4.43. The molecular weight excluding hydrogens is 373 g/mol. The molecule has 0 spiro atoms. The van der Waals surface area contributed by atoms with Gasteiger partial charge in [0.25, 0.3) is 0 Å². The fraction of sp³-hybridized carbons (Fsp3) is 0.579. The monoisotopic (exact) mass is 397 g/mol. The number of likely N-dealkylation sites (N-methyl/N-ethyl adjacent to an activating group) is 1. The second-order valence-corrected chi connectivity index (χ2v) is 8.03. The maximum Gasteiger partial charge on any atom is 0.227 e. The molecule has 0 bridgehead atoms. The Labute approximate surface area is 164 Å². The van der Waals surface area contributed by atoms with Crippen LogP contribution in [0.1, 0.15) is 37.7 Å². The average molecular weight is 398 g/mol. The summed E-state index contributed by atoms with van der Waals surface area (Å²) in [6, 6.07) is 5.68. The molecule has 2 aliphatic rings. The highest BCUT2D eigenvalue weighted by molar-refractivity contribution is 6.42. The molecule has 1 N–H and O–H groups in total. The molecule has 2 fully saturated rings. The van der Waals surface area contributed by atoms with Crippen LogP contribution < -0.4 is 0 Å². The van der Waals surface area contributed by atoms with E-state index >= 15 is 0 Å². The molecule has 3 rings (SSSR count). The van der Waals surface area contributed by atoms with Crippen LogP contribution in [-0.2, 0) is 11.2 Å². The minimum Gasteiger partial charge on any atom is -0.411 e. The third kappa shape index (κ3) is 4.33. The van der Waals surface area contributed by atoms with Gasteiger partial charge in [-0.1, -0.05) is 34.4 Å². The van der Waals surface area contributed by atoms with Crippen molar-refractivity contribution in [2.75, 3.05) is 20.1 Å². The molecule has 2 unspecified atom stereocenters. The van der Waals surface area contributed by atoms with E-state index in [1.165, 1.54) is 12.8 Å². The van der Waals surface area contributed by atoms with Gasteiger partial charge in [-0.2, -0.15) is 0 Å². The van der Waals surface area contributed by atoms with Crippen molar-refractivity contribution in [2.24, 2.45) is 5.16 Å². The first-order chi connectivity index (χ1) is 12.5. The molecule has 1 aromatic carbocycles. The molecule has 1 amide bonds. The number of likely N-dealkylation sites (tertiary alicyclic amines) is 1. The van der Waals surface area contributed by atoms with Crippen LogP contribution in [0.4, 0.5) is 0 Å². The molecule has 1 aliphatic carbocycles. The molecule has 1 heterocycles. The number of carbonyl (C=O) groups is 1. The van der Waals surface area contributed by atoms with Crippen molar-refractivity contribution in [1.82, 2.24) is 9.80 Å². The lowest BCUT2D eigenvalue weighted by molar-refractivity contribution is -0.132. The van der Waals surface area contributed by atoms with Gasteiger partial charge in [0, 0.05) is 25.6 Å². The molecule has 2 atom stereocenters.